The summed E-state index contributed by atoms with van der Waals surface area (Å²) < 4.78 is 2.85. The normalized spacial score (nSPS) is 12.9. The largest absolute Gasteiger partial charge is 0.135 e. The summed E-state index contributed by atoms with van der Waals surface area (Å²) in [6, 6.07) is 51.9. The third kappa shape index (κ3) is 3.65. The van der Waals surface area contributed by atoms with Crippen LogP contribution in [-0.4, -0.2) is 0 Å². The van der Waals surface area contributed by atoms with E-state index in [0.717, 1.165) is 12.8 Å². The van der Waals surface area contributed by atoms with E-state index in [2.05, 4.69) is 146 Å². The Bertz CT molecular complexity index is 2630. The van der Waals surface area contributed by atoms with Crippen molar-refractivity contribution >= 4 is 70.6 Å². The molecule has 1 heterocycles. The van der Waals surface area contributed by atoms with Crippen LogP contribution >= 0.6 is 11.3 Å². The van der Waals surface area contributed by atoms with Gasteiger partial charge in [0.05, 0.1) is 0 Å². The molecule has 1 aliphatic rings. The summed E-state index contributed by atoms with van der Waals surface area (Å²) in [4.78, 5) is 0. The van der Waals surface area contributed by atoms with Gasteiger partial charge in [-0.15, -0.1) is 11.3 Å². The van der Waals surface area contributed by atoms with Gasteiger partial charge in [-0.2, -0.15) is 0 Å². The lowest BCUT2D eigenvalue weighted by Gasteiger charge is -2.21. The second kappa shape index (κ2) is 9.63. The molecule has 0 saturated heterocycles. The average molecular weight is 589 g/mol. The van der Waals surface area contributed by atoms with E-state index in [1.807, 2.05) is 11.3 Å². The molecule has 10 rings (SSSR count). The Balaban J connectivity index is 1.25. The predicted molar refractivity (Wildman–Crippen MR) is 196 cm³/mol. The van der Waals surface area contributed by atoms with Crippen LogP contribution in [0.4, 0.5) is 0 Å². The van der Waals surface area contributed by atoms with Crippen molar-refractivity contribution in [2.45, 2.75) is 12.8 Å². The SMILES string of the molecule is C1=c2sc3cccc4cc(-c5c6ccccc6c(-c6ccc(-c7cccc8ccccc78)cc6)c6ccccc56)c(c2c43)CC1. The number of aryl methyl sites for hydroxylation is 1. The lowest BCUT2D eigenvalue weighted by molar-refractivity contribution is 1.04. The maximum absolute atomic E-state index is 2.49. The van der Waals surface area contributed by atoms with Crippen molar-refractivity contribution in [3.8, 4) is 33.4 Å². The van der Waals surface area contributed by atoms with Crippen LogP contribution in [0.5, 0.6) is 0 Å². The van der Waals surface area contributed by atoms with Gasteiger partial charge < -0.3 is 0 Å². The van der Waals surface area contributed by atoms with Crippen molar-refractivity contribution < 1.29 is 0 Å². The van der Waals surface area contributed by atoms with Gasteiger partial charge in [-0.1, -0.05) is 133 Å². The van der Waals surface area contributed by atoms with E-state index >= 15 is 0 Å². The zero-order valence-electron chi connectivity index (χ0n) is 24.7. The highest BCUT2D eigenvalue weighted by Gasteiger charge is 2.23. The molecule has 8 aromatic carbocycles. The summed E-state index contributed by atoms with van der Waals surface area (Å²) in [6.45, 7) is 0. The van der Waals surface area contributed by atoms with Gasteiger partial charge in [0.2, 0.25) is 0 Å². The van der Waals surface area contributed by atoms with Crippen molar-refractivity contribution in [2.75, 3.05) is 0 Å². The van der Waals surface area contributed by atoms with Gasteiger partial charge in [0.25, 0.3) is 0 Å². The first kappa shape index (κ1) is 25.1. The van der Waals surface area contributed by atoms with E-state index in [9.17, 15) is 0 Å². The van der Waals surface area contributed by atoms with E-state index in [0.29, 0.717) is 0 Å². The molecule has 0 nitrogen and oxygen atoms in total. The van der Waals surface area contributed by atoms with E-state index in [1.165, 1.54) is 96.7 Å². The molecule has 0 aliphatic heterocycles. The topological polar surface area (TPSA) is 0 Å². The third-order valence-corrected chi connectivity index (χ3v) is 11.1. The van der Waals surface area contributed by atoms with Crippen LogP contribution in [0, 0.1) is 0 Å². The Kier molecular flexibility index (Phi) is 5.38. The molecular weight excluding hydrogens is 561 g/mol. The standard InChI is InChI=1S/C44H28S/c1-2-13-31-27(10-1)11-7-18-32(31)28-22-24-29(25-23-28)41-33-14-3-5-16-35(33)43(36-17-6-4-15-34(36)41)38-26-30-12-8-20-39-42(30)44-37(38)19-9-21-40(44)45-39/h1-8,10-18,20-26H,9,19H2. The molecule has 45 heavy (non-hydrogen) atoms. The maximum Gasteiger partial charge on any atom is 0.0361 e. The number of hydrogen-bond acceptors (Lipinski definition) is 1. The fourth-order valence-corrected chi connectivity index (χ4v) is 9.22. The summed E-state index contributed by atoms with van der Waals surface area (Å²) in [5.41, 5.74) is 9.37. The monoisotopic (exact) mass is 588 g/mol. The number of thiophene rings is 1. The van der Waals surface area contributed by atoms with Crippen LogP contribution in [0.1, 0.15) is 12.0 Å². The number of fused-ring (bicyclic) bond motifs is 3. The molecule has 210 valence electrons. The molecule has 9 aromatic rings. The second-order valence-electron chi connectivity index (χ2n) is 12.3. The number of benzene rings is 8. The Morgan fingerprint density at radius 3 is 1.80 bits per heavy atom. The molecule has 1 heteroatoms. The molecule has 0 bridgehead atoms. The van der Waals surface area contributed by atoms with Crippen molar-refractivity contribution in [3.05, 3.63) is 150 Å². The van der Waals surface area contributed by atoms with Gasteiger partial charge in [-0.25, -0.2) is 0 Å². The van der Waals surface area contributed by atoms with Crippen molar-refractivity contribution in [1.29, 1.82) is 0 Å². The quantitative estimate of drug-likeness (QED) is 0.180. The molecule has 0 unspecified atom stereocenters. The zero-order valence-corrected chi connectivity index (χ0v) is 25.5. The molecule has 0 radical (unpaired) electrons. The first-order valence-electron chi connectivity index (χ1n) is 15.8. The average Bonchev–Trinajstić information content (AvgIpc) is 3.50. The highest BCUT2D eigenvalue weighted by atomic mass is 32.1. The van der Waals surface area contributed by atoms with Crippen molar-refractivity contribution in [2.24, 2.45) is 0 Å². The number of rotatable bonds is 3. The molecule has 0 fully saturated rings. The van der Waals surface area contributed by atoms with E-state index in [4.69, 9.17) is 0 Å². The highest BCUT2D eigenvalue weighted by Crippen LogP contribution is 2.47. The van der Waals surface area contributed by atoms with Crippen molar-refractivity contribution in [3.63, 3.8) is 0 Å². The number of hydrogen-bond donors (Lipinski definition) is 0. The molecule has 0 spiro atoms. The molecule has 0 atom stereocenters. The van der Waals surface area contributed by atoms with Gasteiger partial charge in [-0.05, 0) is 102 Å². The van der Waals surface area contributed by atoms with Gasteiger partial charge in [0, 0.05) is 20.0 Å². The lowest BCUT2D eigenvalue weighted by Crippen LogP contribution is -2.06. The molecule has 0 amide bonds. The summed E-state index contributed by atoms with van der Waals surface area (Å²) >= 11 is 1.95. The van der Waals surface area contributed by atoms with E-state index in [1.54, 1.807) is 0 Å². The fraction of sp³-hybridized carbons (Fsp3) is 0.0455. The predicted octanol–water partition coefficient (Wildman–Crippen LogP) is 12.0. The fourth-order valence-electron chi connectivity index (χ4n) is 7.99. The van der Waals surface area contributed by atoms with Crippen LogP contribution in [-0.2, 0) is 6.42 Å². The van der Waals surface area contributed by atoms with Crippen LogP contribution in [0.3, 0.4) is 0 Å². The molecule has 0 saturated carbocycles. The third-order valence-electron chi connectivity index (χ3n) is 9.90. The van der Waals surface area contributed by atoms with Gasteiger partial charge in [0.1, 0.15) is 0 Å². The summed E-state index contributed by atoms with van der Waals surface area (Å²) in [7, 11) is 0. The Morgan fingerprint density at radius 2 is 1.04 bits per heavy atom. The summed E-state index contributed by atoms with van der Waals surface area (Å²) in [6.07, 6.45) is 4.63. The minimum absolute atomic E-state index is 1.08. The minimum Gasteiger partial charge on any atom is -0.135 e. The summed E-state index contributed by atoms with van der Waals surface area (Å²) in [5.74, 6) is 0. The Morgan fingerprint density at radius 1 is 0.444 bits per heavy atom. The van der Waals surface area contributed by atoms with Gasteiger partial charge >= 0.3 is 0 Å². The van der Waals surface area contributed by atoms with Crippen LogP contribution in [0.2, 0.25) is 0 Å². The Hall–Kier alpha value is -5.24. The molecular formula is C44H28S. The van der Waals surface area contributed by atoms with E-state index < -0.39 is 0 Å². The first-order chi connectivity index (χ1) is 22.3. The Labute approximate surface area is 265 Å². The highest BCUT2D eigenvalue weighted by molar-refractivity contribution is 7.18. The minimum atomic E-state index is 1.08. The van der Waals surface area contributed by atoms with Gasteiger partial charge in [-0.3, -0.25) is 0 Å². The smallest absolute Gasteiger partial charge is 0.0361 e. The van der Waals surface area contributed by atoms with Crippen LogP contribution < -0.4 is 4.53 Å². The second-order valence-corrected chi connectivity index (χ2v) is 13.4. The molecule has 1 aromatic heterocycles. The van der Waals surface area contributed by atoms with Gasteiger partial charge in [0.15, 0.2) is 0 Å². The lowest BCUT2D eigenvalue weighted by atomic mass is 9.82. The molecule has 0 N–H and O–H groups in total. The van der Waals surface area contributed by atoms with Crippen LogP contribution in [0.25, 0.3) is 92.6 Å². The molecule has 1 aliphatic carbocycles. The maximum atomic E-state index is 2.49. The zero-order chi connectivity index (χ0) is 29.5. The first-order valence-corrected chi connectivity index (χ1v) is 16.6. The van der Waals surface area contributed by atoms with Crippen LogP contribution in [0.15, 0.2) is 140 Å². The van der Waals surface area contributed by atoms with E-state index in [-0.39, 0.29) is 0 Å². The summed E-state index contributed by atoms with van der Waals surface area (Å²) in [5, 5.41) is 12.1. The van der Waals surface area contributed by atoms with Crippen molar-refractivity contribution in [1.82, 2.24) is 0 Å².